The second kappa shape index (κ2) is 8.29. The molecule has 2 aromatic carbocycles. The summed E-state index contributed by atoms with van der Waals surface area (Å²) in [5, 5.41) is 12.6. The molecule has 2 N–H and O–H groups in total. The molecule has 4 nitrogen and oxygen atoms in total. The normalized spacial score (nSPS) is 11.8. The fraction of sp³-hybridized carbons (Fsp3) is 0.278. The van der Waals surface area contributed by atoms with Crippen molar-refractivity contribution >= 4 is 5.91 Å². The van der Waals surface area contributed by atoms with Gasteiger partial charge in [0.1, 0.15) is 18.2 Å². The topological polar surface area (TPSA) is 58.6 Å². The van der Waals surface area contributed by atoms with Crippen LogP contribution in [0.2, 0.25) is 0 Å². The van der Waals surface area contributed by atoms with Crippen LogP contribution in [0.1, 0.15) is 23.7 Å². The summed E-state index contributed by atoms with van der Waals surface area (Å²) in [6.07, 6.45) is -1.14. The van der Waals surface area contributed by atoms with E-state index in [1.807, 2.05) is 31.2 Å². The molecule has 0 aliphatic carbocycles. The number of aliphatic hydroxyl groups excluding tert-OH is 1. The number of nitrogens with one attached hydrogen (secondary N) is 1. The van der Waals surface area contributed by atoms with Gasteiger partial charge >= 0.3 is 0 Å². The number of hydrogen-bond acceptors (Lipinski definition) is 3. The Hall–Kier alpha value is -2.40. The van der Waals surface area contributed by atoms with Gasteiger partial charge in [0, 0.05) is 0 Å². The molecule has 1 amide bonds. The lowest BCUT2D eigenvalue weighted by molar-refractivity contribution is -0.123. The van der Waals surface area contributed by atoms with Crippen molar-refractivity contribution in [2.45, 2.75) is 19.4 Å². The number of halogens is 1. The van der Waals surface area contributed by atoms with E-state index < -0.39 is 11.9 Å². The molecule has 122 valence electrons. The fourth-order valence-electron chi connectivity index (χ4n) is 2.07. The smallest absolute Gasteiger partial charge is 0.223 e. The van der Waals surface area contributed by atoms with E-state index in [4.69, 9.17) is 4.74 Å². The molecular formula is C18H20FNO3. The summed E-state index contributed by atoms with van der Waals surface area (Å²) in [6, 6.07) is 13.2. The quantitative estimate of drug-likeness (QED) is 0.772. The minimum absolute atomic E-state index is 0.117. The molecule has 1 unspecified atom stereocenters. The van der Waals surface area contributed by atoms with E-state index in [-0.39, 0.29) is 12.3 Å². The van der Waals surface area contributed by atoms with Crippen LogP contribution in [0.25, 0.3) is 0 Å². The van der Waals surface area contributed by atoms with Gasteiger partial charge in [-0.2, -0.15) is 0 Å². The Morgan fingerprint density at radius 2 is 2.00 bits per heavy atom. The van der Waals surface area contributed by atoms with Gasteiger partial charge in [-0.05, 0) is 36.8 Å². The lowest BCUT2D eigenvalue weighted by Gasteiger charge is -2.12. The molecule has 2 aromatic rings. The third-order valence-corrected chi connectivity index (χ3v) is 3.33. The Labute approximate surface area is 134 Å². The molecule has 0 saturated carbocycles. The number of aryl methyl sites for hydroxylation is 1. The number of carbonyl (C=O) groups is 1. The lowest BCUT2D eigenvalue weighted by Crippen LogP contribution is -2.29. The lowest BCUT2D eigenvalue weighted by atomic mass is 10.1. The average Bonchev–Trinajstić information content (AvgIpc) is 2.53. The van der Waals surface area contributed by atoms with Gasteiger partial charge in [-0.15, -0.1) is 0 Å². The number of rotatable bonds is 7. The van der Waals surface area contributed by atoms with Gasteiger partial charge in [0.2, 0.25) is 5.91 Å². The third-order valence-electron chi connectivity index (χ3n) is 3.33. The van der Waals surface area contributed by atoms with E-state index in [9.17, 15) is 14.3 Å². The van der Waals surface area contributed by atoms with Crippen molar-refractivity contribution in [1.82, 2.24) is 5.32 Å². The largest absolute Gasteiger partial charge is 0.492 e. The standard InChI is InChI=1S/C18H20FNO3/c1-13-5-7-16(8-6-13)23-10-9-20-18(22)12-17(21)14-3-2-4-15(19)11-14/h2-8,11,17,21H,9-10,12H2,1H3,(H,20,22). The average molecular weight is 317 g/mol. The summed E-state index contributed by atoms with van der Waals surface area (Å²) in [5.41, 5.74) is 1.54. The molecule has 1 atom stereocenters. The van der Waals surface area contributed by atoms with Gasteiger partial charge in [0.15, 0.2) is 0 Å². The highest BCUT2D eigenvalue weighted by Gasteiger charge is 2.13. The maximum atomic E-state index is 13.1. The van der Waals surface area contributed by atoms with Crippen molar-refractivity contribution in [3.8, 4) is 5.75 Å². The predicted molar refractivity (Wildman–Crippen MR) is 85.7 cm³/mol. The van der Waals surface area contributed by atoms with E-state index in [2.05, 4.69) is 5.32 Å². The second-order valence-electron chi connectivity index (χ2n) is 5.29. The number of hydrogen-bond donors (Lipinski definition) is 2. The van der Waals surface area contributed by atoms with Gasteiger partial charge < -0.3 is 15.2 Å². The summed E-state index contributed by atoms with van der Waals surface area (Å²) < 4.78 is 18.6. The van der Waals surface area contributed by atoms with Crippen LogP contribution in [0.4, 0.5) is 4.39 Å². The fourth-order valence-corrected chi connectivity index (χ4v) is 2.07. The van der Waals surface area contributed by atoms with Crippen LogP contribution >= 0.6 is 0 Å². The van der Waals surface area contributed by atoms with Crippen LogP contribution in [0.3, 0.4) is 0 Å². The SMILES string of the molecule is Cc1ccc(OCCNC(=O)CC(O)c2cccc(F)c2)cc1. The van der Waals surface area contributed by atoms with Crippen LogP contribution in [0.15, 0.2) is 48.5 Å². The third kappa shape index (κ3) is 5.71. The molecule has 0 heterocycles. The minimum atomic E-state index is -1.02. The highest BCUT2D eigenvalue weighted by molar-refractivity contribution is 5.76. The Morgan fingerprint density at radius 1 is 1.26 bits per heavy atom. The highest BCUT2D eigenvalue weighted by Crippen LogP contribution is 2.17. The van der Waals surface area contributed by atoms with Crippen LogP contribution in [0, 0.1) is 12.7 Å². The van der Waals surface area contributed by atoms with Gasteiger partial charge in [0.05, 0.1) is 19.1 Å². The molecule has 0 spiro atoms. The van der Waals surface area contributed by atoms with Crippen LogP contribution in [-0.2, 0) is 4.79 Å². The zero-order valence-electron chi connectivity index (χ0n) is 13.0. The zero-order valence-corrected chi connectivity index (χ0v) is 13.0. The minimum Gasteiger partial charge on any atom is -0.492 e. The molecule has 0 aliphatic rings. The van der Waals surface area contributed by atoms with E-state index in [0.717, 1.165) is 11.3 Å². The Bertz CT molecular complexity index is 643. The van der Waals surface area contributed by atoms with Crippen molar-refractivity contribution in [2.24, 2.45) is 0 Å². The molecule has 23 heavy (non-hydrogen) atoms. The van der Waals surface area contributed by atoms with Crippen molar-refractivity contribution in [3.63, 3.8) is 0 Å². The second-order valence-corrected chi connectivity index (χ2v) is 5.29. The van der Waals surface area contributed by atoms with Gasteiger partial charge in [-0.1, -0.05) is 29.8 Å². The molecule has 0 saturated heterocycles. The first-order valence-corrected chi connectivity index (χ1v) is 7.44. The van der Waals surface area contributed by atoms with Crippen molar-refractivity contribution in [2.75, 3.05) is 13.2 Å². The van der Waals surface area contributed by atoms with Crippen LogP contribution in [0.5, 0.6) is 5.75 Å². The van der Waals surface area contributed by atoms with E-state index in [0.29, 0.717) is 18.7 Å². The molecule has 0 radical (unpaired) electrons. The van der Waals surface area contributed by atoms with Gasteiger partial charge in [-0.25, -0.2) is 4.39 Å². The molecule has 0 aromatic heterocycles. The summed E-state index contributed by atoms with van der Waals surface area (Å²) >= 11 is 0. The highest BCUT2D eigenvalue weighted by atomic mass is 19.1. The number of ether oxygens (including phenoxy) is 1. The molecule has 2 rings (SSSR count). The number of amides is 1. The number of carbonyl (C=O) groups excluding carboxylic acids is 1. The van der Waals surface area contributed by atoms with Crippen molar-refractivity contribution in [1.29, 1.82) is 0 Å². The summed E-state index contributed by atoms with van der Waals surface area (Å²) in [4.78, 5) is 11.7. The molecule has 0 aliphatic heterocycles. The molecular weight excluding hydrogens is 297 g/mol. The first-order valence-electron chi connectivity index (χ1n) is 7.44. The predicted octanol–water partition coefficient (Wildman–Crippen LogP) is 2.75. The van der Waals surface area contributed by atoms with Gasteiger partial charge in [0.25, 0.3) is 0 Å². The van der Waals surface area contributed by atoms with E-state index in [1.54, 1.807) is 6.07 Å². The number of aliphatic hydroxyl groups is 1. The maximum absolute atomic E-state index is 13.1. The summed E-state index contributed by atoms with van der Waals surface area (Å²) in [6.45, 7) is 2.67. The zero-order chi connectivity index (χ0) is 16.7. The molecule has 0 fully saturated rings. The molecule has 0 bridgehead atoms. The summed E-state index contributed by atoms with van der Waals surface area (Å²) in [7, 11) is 0. The monoisotopic (exact) mass is 317 g/mol. The Morgan fingerprint density at radius 3 is 2.70 bits per heavy atom. The van der Waals surface area contributed by atoms with E-state index in [1.165, 1.54) is 18.2 Å². The van der Waals surface area contributed by atoms with E-state index >= 15 is 0 Å². The summed E-state index contributed by atoms with van der Waals surface area (Å²) in [5.74, 6) is -0.00707. The Balaban J connectivity index is 1.69. The van der Waals surface area contributed by atoms with Crippen LogP contribution < -0.4 is 10.1 Å². The Kier molecular flexibility index (Phi) is 6.11. The van der Waals surface area contributed by atoms with Crippen molar-refractivity contribution < 1.29 is 19.0 Å². The molecule has 5 heteroatoms. The van der Waals surface area contributed by atoms with Crippen LogP contribution in [-0.4, -0.2) is 24.2 Å². The van der Waals surface area contributed by atoms with Crippen molar-refractivity contribution in [3.05, 3.63) is 65.5 Å². The first-order chi connectivity index (χ1) is 11.0. The number of benzene rings is 2. The maximum Gasteiger partial charge on any atom is 0.223 e. The first kappa shape index (κ1) is 17.0. The van der Waals surface area contributed by atoms with Gasteiger partial charge in [-0.3, -0.25) is 4.79 Å².